The van der Waals surface area contributed by atoms with E-state index in [1.165, 1.54) is 0 Å². The van der Waals surface area contributed by atoms with Crippen LogP contribution in [0.5, 0.6) is 0 Å². The number of aromatic amines is 1. The zero-order chi connectivity index (χ0) is 17.1. The number of benzene rings is 1. The van der Waals surface area contributed by atoms with Crippen molar-refractivity contribution in [2.75, 3.05) is 6.61 Å². The second-order valence-corrected chi connectivity index (χ2v) is 6.23. The summed E-state index contributed by atoms with van der Waals surface area (Å²) in [7, 11) is 0. The van der Waals surface area contributed by atoms with Crippen LogP contribution in [0.15, 0.2) is 35.5 Å². The first-order valence-corrected chi connectivity index (χ1v) is 8.56. The van der Waals surface area contributed by atoms with Crippen LogP contribution >= 0.6 is 11.6 Å². The molecule has 6 heteroatoms. The molecule has 1 aliphatic rings. The lowest BCUT2D eigenvalue weighted by molar-refractivity contribution is -0.146. The molecule has 3 rings (SSSR count). The molecule has 1 N–H and O–H groups in total. The summed E-state index contributed by atoms with van der Waals surface area (Å²) in [6, 6.07) is 7.59. The third-order valence-electron chi connectivity index (χ3n) is 4.18. The van der Waals surface area contributed by atoms with Crippen LogP contribution in [0, 0.1) is 5.92 Å². The molecule has 2 heterocycles. The second-order valence-electron chi connectivity index (χ2n) is 5.79. The Morgan fingerprint density at radius 2 is 2.21 bits per heavy atom. The summed E-state index contributed by atoms with van der Waals surface area (Å²) < 4.78 is 5.35. The van der Waals surface area contributed by atoms with Crippen LogP contribution in [-0.2, 0) is 9.53 Å². The van der Waals surface area contributed by atoms with Gasteiger partial charge in [0.25, 0.3) is 0 Å². The molecule has 1 aromatic heterocycles. The lowest BCUT2D eigenvalue weighted by atomic mass is 9.76. The van der Waals surface area contributed by atoms with Crippen molar-refractivity contribution in [3.05, 3.63) is 46.6 Å². The van der Waals surface area contributed by atoms with Crippen LogP contribution < -0.4 is 0 Å². The lowest BCUT2D eigenvalue weighted by Crippen LogP contribution is -2.34. The average molecular weight is 346 g/mol. The molecule has 5 nitrogen and oxygen atoms in total. The Labute approximate surface area is 146 Å². The van der Waals surface area contributed by atoms with Crippen LogP contribution in [0.2, 0.25) is 5.02 Å². The highest BCUT2D eigenvalue weighted by molar-refractivity contribution is 6.30. The van der Waals surface area contributed by atoms with E-state index in [-0.39, 0.29) is 11.9 Å². The highest BCUT2D eigenvalue weighted by Crippen LogP contribution is 2.43. The van der Waals surface area contributed by atoms with E-state index in [0.29, 0.717) is 17.4 Å². The predicted molar refractivity (Wildman–Crippen MR) is 94.0 cm³/mol. The number of hydrogen-bond acceptors (Lipinski definition) is 4. The number of nitrogens with one attached hydrogen (secondary N) is 1. The van der Waals surface area contributed by atoms with Crippen LogP contribution in [0.25, 0.3) is 0 Å². The van der Waals surface area contributed by atoms with Crippen molar-refractivity contribution in [2.45, 2.75) is 32.6 Å². The number of carbonyl (C=O) groups excluding carboxylic acids is 1. The smallest absolute Gasteiger partial charge is 0.315 e. The molecule has 24 heavy (non-hydrogen) atoms. The summed E-state index contributed by atoms with van der Waals surface area (Å²) >= 11 is 6.18. The molecule has 0 spiro atoms. The fraction of sp³-hybridized carbons (Fsp3) is 0.389. The summed E-state index contributed by atoms with van der Waals surface area (Å²) in [5.41, 5.74) is 2.69. The number of halogens is 1. The van der Waals surface area contributed by atoms with Crippen molar-refractivity contribution in [1.82, 2.24) is 10.2 Å². The number of ether oxygens (including phenoxy) is 1. The van der Waals surface area contributed by atoms with E-state index < -0.39 is 5.92 Å². The number of aliphatic imine (C=N–C) groups is 1. The van der Waals surface area contributed by atoms with Gasteiger partial charge in [0.1, 0.15) is 5.92 Å². The monoisotopic (exact) mass is 345 g/mol. The Hall–Kier alpha value is -2.14. The van der Waals surface area contributed by atoms with Crippen molar-refractivity contribution in [3.8, 4) is 0 Å². The van der Waals surface area contributed by atoms with Gasteiger partial charge in [-0.15, -0.1) is 0 Å². The van der Waals surface area contributed by atoms with Crippen LogP contribution in [-0.4, -0.2) is 28.5 Å². The first-order chi connectivity index (χ1) is 11.7. The van der Waals surface area contributed by atoms with E-state index in [2.05, 4.69) is 22.1 Å². The number of hydrogen-bond donors (Lipinski definition) is 1. The molecule has 1 aliphatic heterocycles. The Morgan fingerprint density at radius 1 is 1.38 bits per heavy atom. The largest absolute Gasteiger partial charge is 0.465 e. The van der Waals surface area contributed by atoms with Gasteiger partial charge in [0.05, 0.1) is 12.8 Å². The van der Waals surface area contributed by atoms with E-state index in [4.69, 9.17) is 16.3 Å². The van der Waals surface area contributed by atoms with Gasteiger partial charge in [-0.1, -0.05) is 37.1 Å². The number of rotatable bonds is 5. The summed E-state index contributed by atoms with van der Waals surface area (Å²) in [5, 5.41) is 7.69. The quantitative estimate of drug-likeness (QED) is 0.823. The van der Waals surface area contributed by atoms with E-state index >= 15 is 0 Å². The fourth-order valence-electron chi connectivity index (χ4n) is 3.23. The van der Waals surface area contributed by atoms with Gasteiger partial charge in [0, 0.05) is 22.2 Å². The minimum atomic E-state index is -0.450. The summed E-state index contributed by atoms with van der Waals surface area (Å²) in [6.07, 6.45) is 3.37. The molecule has 0 aliphatic carbocycles. The first-order valence-electron chi connectivity index (χ1n) is 8.18. The van der Waals surface area contributed by atoms with E-state index in [1.54, 1.807) is 6.20 Å². The SMILES string of the molecule is CCCC1=Nc2[nH]ncc2C(c2cccc(Cl)c2)C1C(=O)OCC. The Balaban J connectivity index is 2.14. The van der Waals surface area contributed by atoms with Gasteiger partial charge in [0.2, 0.25) is 0 Å². The Bertz CT molecular complexity index is 769. The molecule has 1 aromatic carbocycles. The molecule has 0 saturated heterocycles. The van der Waals surface area contributed by atoms with E-state index in [9.17, 15) is 4.79 Å². The van der Waals surface area contributed by atoms with Crippen molar-refractivity contribution in [2.24, 2.45) is 10.9 Å². The maximum absolute atomic E-state index is 12.7. The van der Waals surface area contributed by atoms with Crippen molar-refractivity contribution in [3.63, 3.8) is 0 Å². The lowest BCUT2D eigenvalue weighted by Gasteiger charge is -2.30. The number of carbonyl (C=O) groups is 1. The van der Waals surface area contributed by atoms with Gasteiger partial charge < -0.3 is 4.74 Å². The molecule has 2 aromatic rings. The molecule has 0 bridgehead atoms. The zero-order valence-electron chi connectivity index (χ0n) is 13.8. The van der Waals surface area contributed by atoms with Crippen molar-refractivity contribution in [1.29, 1.82) is 0 Å². The molecule has 0 radical (unpaired) electrons. The molecule has 0 fully saturated rings. The number of fused-ring (bicyclic) bond motifs is 1. The number of H-pyrrole nitrogens is 1. The summed E-state index contributed by atoms with van der Waals surface area (Å²) in [4.78, 5) is 17.4. The van der Waals surface area contributed by atoms with Gasteiger partial charge >= 0.3 is 5.97 Å². The maximum atomic E-state index is 12.7. The zero-order valence-corrected chi connectivity index (χ0v) is 14.5. The van der Waals surface area contributed by atoms with E-state index in [0.717, 1.165) is 29.7 Å². The van der Waals surface area contributed by atoms with E-state index in [1.807, 2.05) is 31.2 Å². The minimum absolute atomic E-state index is 0.199. The number of aromatic nitrogens is 2. The van der Waals surface area contributed by atoms with Crippen LogP contribution in [0.1, 0.15) is 43.7 Å². The minimum Gasteiger partial charge on any atom is -0.465 e. The van der Waals surface area contributed by atoms with Gasteiger partial charge in [-0.3, -0.25) is 9.89 Å². The third kappa shape index (κ3) is 3.08. The van der Waals surface area contributed by atoms with Gasteiger partial charge in [-0.2, -0.15) is 5.10 Å². The summed E-state index contributed by atoms with van der Waals surface area (Å²) in [6.45, 7) is 4.23. The van der Waals surface area contributed by atoms with Crippen LogP contribution in [0.3, 0.4) is 0 Å². The fourth-order valence-corrected chi connectivity index (χ4v) is 3.43. The molecule has 0 saturated carbocycles. The highest BCUT2D eigenvalue weighted by Gasteiger charge is 2.40. The van der Waals surface area contributed by atoms with Gasteiger partial charge in [-0.05, 0) is 31.0 Å². The molecule has 2 unspecified atom stereocenters. The first kappa shape index (κ1) is 16.7. The molecule has 126 valence electrons. The average Bonchev–Trinajstić information content (AvgIpc) is 3.02. The van der Waals surface area contributed by atoms with Crippen LogP contribution in [0.4, 0.5) is 5.82 Å². The molecule has 2 atom stereocenters. The Morgan fingerprint density at radius 3 is 2.92 bits per heavy atom. The van der Waals surface area contributed by atoms with Crippen molar-refractivity contribution < 1.29 is 9.53 Å². The normalized spacial score (nSPS) is 19.5. The number of nitrogens with zero attached hydrogens (tertiary/aromatic N) is 2. The maximum Gasteiger partial charge on any atom is 0.315 e. The predicted octanol–water partition coefficient (Wildman–Crippen LogP) is 4.26. The topological polar surface area (TPSA) is 67.3 Å². The second kappa shape index (κ2) is 7.18. The van der Waals surface area contributed by atoms with Crippen molar-refractivity contribution >= 4 is 29.1 Å². The standard InChI is InChI=1S/C18H20ClN3O2/c1-3-6-14-16(18(23)24-4-2)15(11-7-5-8-12(19)9-11)13-10-20-22-17(13)21-14/h5,7-10,15-16H,3-4,6H2,1-2H3,(H,20,22). The molecule has 0 amide bonds. The van der Waals surface area contributed by atoms with Gasteiger partial charge in [0.15, 0.2) is 5.82 Å². The van der Waals surface area contributed by atoms with Gasteiger partial charge in [-0.25, -0.2) is 4.99 Å². The third-order valence-corrected chi connectivity index (χ3v) is 4.42. The molecular formula is C18H20ClN3O2. The number of esters is 1. The summed E-state index contributed by atoms with van der Waals surface area (Å²) in [5.74, 6) is -0.186. The highest BCUT2D eigenvalue weighted by atomic mass is 35.5. The Kier molecular flexibility index (Phi) is 5.00. The molecular weight excluding hydrogens is 326 g/mol.